The first-order chi connectivity index (χ1) is 18.2. The van der Waals surface area contributed by atoms with Crippen molar-refractivity contribution in [1.29, 1.82) is 0 Å². The second kappa shape index (κ2) is 15.8. The summed E-state index contributed by atoms with van der Waals surface area (Å²) in [4.78, 5) is 41.9. The molecule has 1 amide bonds. The molecule has 2 rings (SSSR count). The molecule has 1 aliphatic rings. The number of nitrogens with one attached hydrogen (secondary N) is 1. The molecule has 3 atom stereocenters. The number of amides is 1. The summed E-state index contributed by atoms with van der Waals surface area (Å²) in [5, 5.41) is 36.3. The van der Waals surface area contributed by atoms with Gasteiger partial charge in [-0.2, -0.15) is 0 Å². The van der Waals surface area contributed by atoms with Gasteiger partial charge in [0, 0.05) is 18.7 Å². The van der Waals surface area contributed by atoms with Gasteiger partial charge < -0.3 is 34.9 Å². The number of cyclic esters (lactones) is 2. The summed E-state index contributed by atoms with van der Waals surface area (Å²) in [5.74, 6) is -2.37. The second-order valence-corrected chi connectivity index (χ2v) is 8.18. The number of benzene rings is 1. The quantitative estimate of drug-likeness (QED) is 0.136. The molecule has 11 heteroatoms. The highest BCUT2D eigenvalue weighted by Crippen LogP contribution is 2.25. The first kappa shape index (κ1) is 30.0. The Bertz CT molecular complexity index is 1120. The SMILES string of the molecule is CO/N=C/C=C\C(=O)N/C=C/CC1CC(=O)OC(CO)/C=C/C(O)/C(C)=C\Cc2cccc(O)c2C(=O)O1. The number of fused-ring (bicyclic) bond motifs is 1. The topological polar surface area (TPSA) is 164 Å². The van der Waals surface area contributed by atoms with Crippen LogP contribution in [-0.2, 0) is 30.3 Å². The van der Waals surface area contributed by atoms with Gasteiger partial charge in [-0.3, -0.25) is 9.59 Å². The van der Waals surface area contributed by atoms with Crippen LogP contribution in [0.5, 0.6) is 5.75 Å². The minimum Gasteiger partial charge on any atom is -0.507 e. The summed E-state index contributed by atoms with van der Waals surface area (Å²) in [6, 6.07) is 4.57. The van der Waals surface area contributed by atoms with E-state index in [-0.39, 0.29) is 30.6 Å². The Morgan fingerprint density at radius 1 is 1.26 bits per heavy atom. The van der Waals surface area contributed by atoms with Crippen LogP contribution < -0.4 is 5.32 Å². The number of carbonyl (C=O) groups excluding carboxylic acids is 3. The maximum atomic E-state index is 13.1. The van der Waals surface area contributed by atoms with E-state index in [1.807, 2.05) is 0 Å². The Kier molecular flexibility index (Phi) is 12.5. The number of rotatable bonds is 7. The van der Waals surface area contributed by atoms with Crippen LogP contribution in [0.3, 0.4) is 0 Å². The maximum Gasteiger partial charge on any atom is 0.342 e. The maximum absolute atomic E-state index is 13.1. The molecule has 11 nitrogen and oxygen atoms in total. The molecule has 204 valence electrons. The first-order valence-electron chi connectivity index (χ1n) is 11.8. The van der Waals surface area contributed by atoms with Crippen LogP contribution in [0.2, 0.25) is 0 Å². The number of hydrogen-bond donors (Lipinski definition) is 4. The average molecular weight is 529 g/mol. The Hall–Kier alpha value is -4.22. The van der Waals surface area contributed by atoms with Crippen LogP contribution >= 0.6 is 0 Å². The Morgan fingerprint density at radius 3 is 2.79 bits per heavy atom. The molecule has 0 saturated carbocycles. The molecule has 0 aromatic heterocycles. The van der Waals surface area contributed by atoms with Crippen molar-refractivity contribution in [3.63, 3.8) is 0 Å². The molecular weight excluding hydrogens is 496 g/mol. The van der Waals surface area contributed by atoms with Crippen LogP contribution in [0.4, 0.5) is 0 Å². The lowest BCUT2D eigenvalue weighted by atomic mass is 10.0. The minimum atomic E-state index is -1.02. The van der Waals surface area contributed by atoms with Gasteiger partial charge in [0.15, 0.2) is 0 Å². The third-order valence-electron chi connectivity index (χ3n) is 5.32. The molecule has 0 radical (unpaired) electrons. The predicted molar refractivity (Wildman–Crippen MR) is 138 cm³/mol. The minimum absolute atomic E-state index is 0.0241. The Labute approximate surface area is 220 Å². The summed E-state index contributed by atoms with van der Waals surface area (Å²) in [5.41, 5.74) is 0.942. The van der Waals surface area contributed by atoms with E-state index in [1.54, 1.807) is 25.1 Å². The van der Waals surface area contributed by atoms with E-state index in [0.717, 1.165) is 0 Å². The highest BCUT2D eigenvalue weighted by atomic mass is 16.6. The molecule has 3 unspecified atom stereocenters. The van der Waals surface area contributed by atoms with Gasteiger partial charge in [-0.25, -0.2) is 4.79 Å². The van der Waals surface area contributed by atoms with Crippen LogP contribution in [0.15, 0.2) is 71.6 Å². The van der Waals surface area contributed by atoms with E-state index in [9.17, 15) is 29.7 Å². The lowest BCUT2D eigenvalue weighted by Gasteiger charge is -2.19. The summed E-state index contributed by atoms with van der Waals surface area (Å²) in [6.07, 6.45) is 7.96. The van der Waals surface area contributed by atoms with Gasteiger partial charge in [-0.15, -0.1) is 0 Å². The standard InChI is InChI=1S/C27H32N2O9/c1-18-10-11-19-6-3-8-23(32)26(19)27(35)38-20(7-4-14-28-24(33)9-5-15-29-36-2)16-25(34)37-21(17-30)12-13-22(18)31/h3-6,8-10,12-15,20-22,30-32H,7,11,16-17H2,1-2H3,(H,28,33)/b9-5-,13-12+,14-4+,18-10-,29-15+. The van der Waals surface area contributed by atoms with Crippen molar-refractivity contribution in [1.82, 2.24) is 5.32 Å². The molecule has 0 spiro atoms. The zero-order valence-electron chi connectivity index (χ0n) is 21.1. The number of aliphatic hydroxyl groups is 2. The van der Waals surface area contributed by atoms with Crippen molar-refractivity contribution in [2.45, 2.75) is 44.5 Å². The number of carbonyl (C=O) groups is 3. The van der Waals surface area contributed by atoms with E-state index in [2.05, 4.69) is 15.3 Å². The third kappa shape index (κ3) is 10.0. The zero-order valence-corrected chi connectivity index (χ0v) is 21.1. The van der Waals surface area contributed by atoms with Gasteiger partial charge in [0.1, 0.15) is 30.6 Å². The molecule has 1 aromatic carbocycles. The number of oxime groups is 1. The number of aliphatic hydroxyl groups excluding tert-OH is 2. The first-order valence-corrected chi connectivity index (χ1v) is 11.8. The normalized spacial score (nSPS) is 23.6. The highest BCUT2D eigenvalue weighted by molar-refractivity contribution is 5.94. The monoisotopic (exact) mass is 528 g/mol. The Morgan fingerprint density at radius 2 is 2.05 bits per heavy atom. The molecule has 38 heavy (non-hydrogen) atoms. The van der Waals surface area contributed by atoms with Gasteiger partial charge >= 0.3 is 11.9 Å². The number of nitrogens with zero attached hydrogens (tertiary/aromatic N) is 1. The van der Waals surface area contributed by atoms with Gasteiger partial charge in [-0.1, -0.05) is 35.5 Å². The molecule has 1 aliphatic heterocycles. The molecular formula is C27H32N2O9. The van der Waals surface area contributed by atoms with E-state index in [1.165, 1.54) is 56.0 Å². The van der Waals surface area contributed by atoms with Crippen molar-refractivity contribution < 1.29 is 44.0 Å². The fraction of sp³-hybridized carbons (Fsp3) is 0.333. The number of phenols is 1. The van der Waals surface area contributed by atoms with Crippen molar-refractivity contribution in [3.8, 4) is 5.75 Å². The fourth-order valence-corrected chi connectivity index (χ4v) is 3.32. The number of ether oxygens (including phenoxy) is 2. The molecule has 4 N–H and O–H groups in total. The van der Waals surface area contributed by atoms with Crippen molar-refractivity contribution in [2.75, 3.05) is 13.7 Å². The van der Waals surface area contributed by atoms with Crippen molar-refractivity contribution >= 4 is 24.1 Å². The molecule has 0 aliphatic carbocycles. The summed E-state index contributed by atoms with van der Waals surface area (Å²) in [7, 11) is 1.37. The molecule has 1 heterocycles. The molecule has 0 bridgehead atoms. The van der Waals surface area contributed by atoms with E-state index >= 15 is 0 Å². The number of phenolic OH excluding ortho intramolecular Hbond substituents is 1. The van der Waals surface area contributed by atoms with Crippen molar-refractivity contribution in [3.05, 3.63) is 77.6 Å². The van der Waals surface area contributed by atoms with Gasteiger partial charge in [0.2, 0.25) is 5.91 Å². The van der Waals surface area contributed by atoms with Crippen LogP contribution in [0.1, 0.15) is 35.7 Å². The smallest absolute Gasteiger partial charge is 0.342 e. The average Bonchev–Trinajstić information content (AvgIpc) is 2.89. The van der Waals surface area contributed by atoms with Crippen molar-refractivity contribution in [2.24, 2.45) is 5.16 Å². The van der Waals surface area contributed by atoms with E-state index in [0.29, 0.717) is 11.1 Å². The summed E-state index contributed by atoms with van der Waals surface area (Å²) in [6.45, 7) is 1.16. The lowest BCUT2D eigenvalue weighted by Crippen LogP contribution is -2.27. The fourth-order valence-electron chi connectivity index (χ4n) is 3.32. The van der Waals surface area contributed by atoms with Crippen LogP contribution in [-0.4, -0.2) is 71.4 Å². The highest BCUT2D eigenvalue weighted by Gasteiger charge is 2.25. The summed E-state index contributed by atoms with van der Waals surface area (Å²) < 4.78 is 10.8. The number of esters is 2. The second-order valence-electron chi connectivity index (χ2n) is 8.18. The number of hydrogen-bond acceptors (Lipinski definition) is 10. The number of aromatic hydroxyl groups is 1. The molecule has 0 fully saturated rings. The predicted octanol–water partition coefficient (Wildman–Crippen LogP) is 1.84. The Balaban J connectivity index is 2.28. The molecule has 1 aromatic rings. The number of allylic oxidation sites excluding steroid dienone is 2. The summed E-state index contributed by atoms with van der Waals surface area (Å²) >= 11 is 0. The van der Waals surface area contributed by atoms with Crippen LogP contribution in [0.25, 0.3) is 0 Å². The zero-order chi connectivity index (χ0) is 27.9. The van der Waals surface area contributed by atoms with Gasteiger partial charge in [0.25, 0.3) is 0 Å². The van der Waals surface area contributed by atoms with E-state index in [4.69, 9.17) is 9.47 Å². The van der Waals surface area contributed by atoms with Crippen LogP contribution in [0, 0.1) is 0 Å². The van der Waals surface area contributed by atoms with Gasteiger partial charge in [-0.05, 0) is 42.7 Å². The lowest BCUT2D eigenvalue weighted by molar-refractivity contribution is -0.150. The third-order valence-corrected chi connectivity index (χ3v) is 5.32. The van der Waals surface area contributed by atoms with E-state index < -0.39 is 42.8 Å². The van der Waals surface area contributed by atoms with Gasteiger partial charge in [0.05, 0.1) is 25.3 Å². The molecule has 0 saturated heterocycles. The largest absolute Gasteiger partial charge is 0.507 e.